The van der Waals surface area contributed by atoms with Gasteiger partial charge in [-0.3, -0.25) is 38.7 Å². The highest BCUT2D eigenvalue weighted by atomic mass is 32.2. The van der Waals surface area contributed by atoms with E-state index in [0.717, 1.165) is 31.0 Å². The van der Waals surface area contributed by atoms with E-state index in [1.807, 2.05) is 0 Å². The van der Waals surface area contributed by atoms with Crippen LogP contribution in [0.15, 0.2) is 64.5 Å². The molecule has 0 radical (unpaired) electrons. The lowest BCUT2D eigenvalue weighted by molar-refractivity contribution is -0.132. The Morgan fingerprint density at radius 3 is 2.15 bits per heavy atom. The zero-order valence-corrected chi connectivity index (χ0v) is 31.9. The van der Waals surface area contributed by atoms with Crippen molar-refractivity contribution in [3.8, 4) is 0 Å². The Morgan fingerprint density at radius 1 is 0.836 bits per heavy atom. The van der Waals surface area contributed by atoms with Gasteiger partial charge in [-0.15, -0.1) is 0 Å². The molecule has 1 aliphatic carbocycles. The van der Waals surface area contributed by atoms with Crippen molar-refractivity contribution in [2.75, 3.05) is 19.6 Å². The van der Waals surface area contributed by atoms with Crippen molar-refractivity contribution in [3.63, 3.8) is 0 Å². The molecule has 55 heavy (non-hydrogen) atoms. The number of hydrogen-bond donors (Lipinski definition) is 7. The normalized spacial score (nSPS) is 17.0. The van der Waals surface area contributed by atoms with E-state index in [1.165, 1.54) is 24.2 Å². The number of amides is 6. The molecule has 296 valence electrons. The number of carbonyl (C=O) groups excluding carboxylic acids is 6. The van der Waals surface area contributed by atoms with Gasteiger partial charge in [0.1, 0.15) is 18.1 Å². The van der Waals surface area contributed by atoms with Crippen LogP contribution in [0.1, 0.15) is 98.2 Å². The van der Waals surface area contributed by atoms with Gasteiger partial charge in [0.2, 0.25) is 17.7 Å². The Kier molecular flexibility index (Phi) is 16.7. The van der Waals surface area contributed by atoms with Gasteiger partial charge < -0.3 is 38.9 Å². The Balaban J connectivity index is 1.44. The molecule has 2 aromatic carbocycles. The van der Waals surface area contributed by atoms with E-state index in [0.29, 0.717) is 54.3 Å². The topological polar surface area (TPSA) is 258 Å². The van der Waals surface area contributed by atoms with Crippen LogP contribution >= 0.6 is 11.8 Å². The first-order valence-corrected chi connectivity index (χ1v) is 19.6. The molecule has 11 N–H and O–H groups in total. The summed E-state index contributed by atoms with van der Waals surface area (Å²) in [4.78, 5) is 84.4. The van der Waals surface area contributed by atoms with Crippen LogP contribution in [0.25, 0.3) is 6.08 Å². The minimum Gasteiger partial charge on any atom is -0.370 e. The van der Waals surface area contributed by atoms with Gasteiger partial charge in [-0.05, 0) is 92.1 Å². The molecule has 4 rings (SSSR count). The van der Waals surface area contributed by atoms with E-state index < -0.39 is 41.8 Å². The number of imide groups is 1. The summed E-state index contributed by atoms with van der Waals surface area (Å²) in [5.41, 5.74) is 23.6. The van der Waals surface area contributed by atoms with Gasteiger partial charge in [-0.1, -0.05) is 74.6 Å². The second-order valence-corrected chi connectivity index (χ2v) is 14.8. The number of hydrogen-bond acceptors (Lipinski definition) is 9. The molecule has 0 aromatic heterocycles. The summed E-state index contributed by atoms with van der Waals surface area (Å²) >= 11 is 0.905. The number of carbonyl (C=O) groups is 6. The standard InChI is InChI=1S/C39H53N9O6S/c40-21-8-7-14-29(36(52)47-32(33(41)49)27-12-5-2-6-13-27)46-35(51)30(15-9-22-44-38(42)43)45-34(50)28-18-16-26(17-19-28)24-31-37(53)48(39(54)55-31)23-20-25-10-3-1-4-11-25/h2,5-6,12-13,16-19,24-25,29-30,32H,1,3-4,7-11,14-15,20-23,40H2,(H2,41,49)(H,45,50)(H,46,51)(H,47,52)(H4,42,43,44)/b31-24-/t29-,30-,32-/m0/s1. The molecule has 1 saturated heterocycles. The molecule has 2 fully saturated rings. The Morgan fingerprint density at radius 2 is 1.49 bits per heavy atom. The van der Waals surface area contributed by atoms with E-state index in [1.54, 1.807) is 60.7 Å². The minimum atomic E-state index is -1.13. The van der Waals surface area contributed by atoms with E-state index in [4.69, 9.17) is 22.9 Å². The van der Waals surface area contributed by atoms with Crippen LogP contribution in [-0.2, 0) is 19.2 Å². The van der Waals surface area contributed by atoms with Crippen molar-refractivity contribution in [1.82, 2.24) is 20.9 Å². The highest BCUT2D eigenvalue weighted by Gasteiger charge is 2.35. The van der Waals surface area contributed by atoms with E-state index in [9.17, 15) is 28.8 Å². The van der Waals surface area contributed by atoms with Crippen molar-refractivity contribution in [1.29, 1.82) is 0 Å². The maximum atomic E-state index is 13.8. The first kappa shape index (κ1) is 42.5. The predicted molar refractivity (Wildman–Crippen MR) is 213 cm³/mol. The zero-order valence-electron chi connectivity index (χ0n) is 31.0. The van der Waals surface area contributed by atoms with E-state index in [-0.39, 0.29) is 42.1 Å². The van der Waals surface area contributed by atoms with E-state index in [2.05, 4.69) is 20.9 Å². The van der Waals surface area contributed by atoms with Crippen LogP contribution in [0.2, 0.25) is 0 Å². The first-order valence-electron chi connectivity index (χ1n) is 18.8. The molecule has 16 heteroatoms. The Labute approximate surface area is 325 Å². The number of nitrogens with one attached hydrogen (secondary N) is 3. The first-order chi connectivity index (χ1) is 26.5. The van der Waals surface area contributed by atoms with Gasteiger partial charge in [0.05, 0.1) is 4.91 Å². The molecule has 3 atom stereocenters. The third-order valence-electron chi connectivity index (χ3n) is 9.68. The fourth-order valence-corrected chi connectivity index (χ4v) is 7.48. The van der Waals surface area contributed by atoms with Gasteiger partial charge in [0.25, 0.3) is 17.1 Å². The molecule has 1 heterocycles. The number of benzene rings is 2. The molecule has 0 spiro atoms. The van der Waals surface area contributed by atoms with Crippen molar-refractivity contribution < 1.29 is 28.8 Å². The number of unbranched alkanes of at least 4 members (excludes halogenated alkanes) is 1. The van der Waals surface area contributed by atoms with Crippen molar-refractivity contribution in [2.45, 2.75) is 88.8 Å². The van der Waals surface area contributed by atoms with Crippen LogP contribution < -0.4 is 38.9 Å². The fourth-order valence-electron chi connectivity index (χ4n) is 6.62. The molecule has 2 aromatic rings. The van der Waals surface area contributed by atoms with Gasteiger partial charge >= 0.3 is 0 Å². The SMILES string of the molecule is NCCCC[C@H](NC(=O)[C@H](CCCN=C(N)N)NC(=O)c1ccc(/C=C2\SC(=O)N(CCC3CCCCC3)C2=O)cc1)C(=O)N[C@H](C(N)=O)c1ccccc1. The van der Waals surface area contributed by atoms with Gasteiger partial charge in [0, 0.05) is 18.7 Å². The smallest absolute Gasteiger partial charge is 0.293 e. The summed E-state index contributed by atoms with van der Waals surface area (Å²) in [5, 5.41) is 7.88. The monoisotopic (exact) mass is 775 g/mol. The number of nitrogens with zero attached hydrogens (tertiary/aromatic N) is 2. The maximum absolute atomic E-state index is 13.8. The highest BCUT2D eigenvalue weighted by molar-refractivity contribution is 8.18. The summed E-state index contributed by atoms with van der Waals surface area (Å²) < 4.78 is 0. The predicted octanol–water partition coefficient (Wildman–Crippen LogP) is 2.80. The summed E-state index contributed by atoms with van der Waals surface area (Å²) in [6, 6.07) is 11.6. The number of guanidine groups is 1. The van der Waals surface area contributed by atoms with Crippen LogP contribution in [-0.4, -0.2) is 77.4 Å². The average molecular weight is 776 g/mol. The van der Waals surface area contributed by atoms with Crippen molar-refractivity contribution >= 4 is 58.6 Å². The lowest BCUT2D eigenvalue weighted by Crippen LogP contribution is -2.54. The van der Waals surface area contributed by atoms with Gasteiger partial charge in [0.15, 0.2) is 5.96 Å². The number of aliphatic imine (C=N–C) groups is 1. The molecule has 2 aliphatic rings. The molecular weight excluding hydrogens is 723 g/mol. The second kappa shape index (κ2) is 21.6. The third-order valence-corrected chi connectivity index (χ3v) is 10.6. The number of rotatable bonds is 20. The second-order valence-electron chi connectivity index (χ2n) is 13.8. The van der Waals surface area contributed by atoms with Crippen molar-refractivity contribution in [3.05, 3.63) is 76.2 Å². The van der Waals surface area contributed by atoms with Crippen LogP contribution in [0.5, 0.6) is 0 Å². The van der Waals surface area contributed by atoms with Gasteiger partial charge in [-0.25, -0.2) is 0 Å². The molecular formula is C39H53N9O6S. The fraction of sp³-hybridized carbons (Fsp3) is 0.462. The number of primary amides is 1. The Bertz CT molecular complexity index is 1710. The minimum absolute atomic E-state index is 0.117. The molecule has 0 bridgehead atoms. The van der Waals surface area contributed by atoms with Gasteiger partial charge in [-0.2, -0.15) is 0 Å². The number of nitrogens with two attached hydrogens (primary N) is 4. The summed E-state index contributed by atoms with van der Waals surface area (Å²) in [6.07, 6.45) is 10.1. The molecule has 1 saturated carbocycles. The number of thioether (sulfide) groups is 1. The lowest BCUT2D eigenvalue weighted by atomic mass is 9.87. The van der Waals surface area contributed by atoms with Crippen LogP contribution in [0.4, 0.5) is 4.79 Å². The molecule has 6 amide bonds. The maximum Gasteiger partial charge on any atom is 0.293 e. The zero-order chi connectivity index (χ0) is 39.7. The quantitative estimate of drug-likeness (QED) is 0.0448. The molecule has 1 aliphatic heterocycles. The van der Waals surface area contributed by atoms with Crippen LogP contribution in [0, 0.1) is 5.92 Å². The highest BCUT2D eigenvalue weighted by Crippen LogP contribution is 2.34. The van der Waals surface area contributed by atoms with E-state index >= 15 is 0 Å². The summed E-state index contributed by atoms with van der Waals surface area (Å²) in [7, 11) is 0. The third kappa shape index (κ3) is 13.2. The van der Waals surface area contributed by atoms with Crippen molar-refractivity contribution in [2.24, 2.45) is 33.8 Å². The largest absolute Gasteiger partial charge is 0.370 e. The lowest BCUT2D eigenvalue weighted by Gasteiger charge is -2.25. The molecule has 15 nitrogen and oxygen atoms in total. The molecule has 0 unspecified atom stereocenters. The summed E-state index contributed by atoms with van der Waals surface area (Å²) in [5.74, 6) is -2.47. The van der Waals surface area contributed by atoms with Crippen LogP contribution in [0.3, 0.4) is 0 Å². The summed E-state index contributed by atoms with van der Waals surface area (Å²) in [6.45, 7) is 0.981. The Hall–Kier alpha value is -5.22. The average Bonchev–Trinajstić information content (AvgIpc) is 3.44.